The SMILES string of the molecule is CC(C)CCOc1cccc(C2C3=C(OC4CCCCC4C3=O)C(=O)N2CC2CCCO2)c1. The molecule has 0 radical (unpaired) electrons. The van der Waals surface area contributed by atoms with Gasteiger partial charge in [-0.2, -0.15) is 0 Å². The van der Waals surface area contributed by atoms with Gasteiger partial charge in [-0.05, 0) is 62.1 Å². The highest BCUT2D eigenvalue weighted by molar-refractivity contribution is 6.11. The van der Waals surface area contributed by atoms with Gasteiger partial charge in [0.2, 0.25) is 0 Å². The Morgan fingerprint density at radius 2 is 1.97 bits per heavy atom. The minimum atomic E-state index is -0.444. The zero-order valence-electron chi connectivity index (χ0n) is 19.8. The fraction of sp³-hybridized carbons (Fsp3) is 0.630. The predicted molar refractivity (Wildman–Crippen MR) is 124 cm³/mol. The largest absolute Gasteiger partial charge is 0.494 e. The zero-order valence-corrected chi connectivity index (χ0v) is 19.8. The highest BCUT2D eigenvalue weighted by Gasteiger charge is 2.52. The number of amides is 1. The van der Waals surface area contributed by atoms with Crippen LogP contribution < -0.4 is 4.74 Å². The maximum atomic E-state index is 13.7. The van der Waals surface area contributed by atoms with E-state index in [1.807, 2.05) is 29.2 Å². The summed E-state index contributed by atoms with van der Waals surface area (Å²) in [6.45, 7) is 6.19. The molecule has 1 saturated heterocycles. The molecule has 3 aliphatic heterocycles. The van der Waals surface area contributed by atoms with Gasteiger partial charge >= 0.3 is 0 Å². The zero-order chi connectivity index (χ0) is 22.9. The van der Waals surface area contributed by atoms with Gasteiger partial charge in [0.15, 0.2) is 11.5 Å². The molecule has 0 spiro atoms. The number of hydrogen-bond acceptors (Lipinski definition) is 5. The number of rotatable bonds is 7. The molecule has 3 heterocycles. The number of fused-ring (bicyclic) bond motifs is 1. The van der Waals surface area contributed by atoms with E-state index in [1.165, 1.54) is 0 Å². The number of benzene rings is 1. The smallest absolute Gasteiger partial charge is 0.290 e. The van der Waals surface area contributed by atoms with E-state index >= 15 is 0 Å². The molecule has 6 heteroatoms. The maximum absolute atomic E-state index is 13.7. The Balaban J connectivity index is 1.48. The molecule has 33 heavy (non-hydrogen) atoms. The molecule has 0 aromatic heterocycles. The van der Waals surface area contributed by atoms with Gasteiger partial charge in [-0.3, -0.25) is 9.59 Å². The van der Waals surface area contributed by atoms with Crippen LogP contribution in [0.2, 0.25) is 0 Å². The third-order valence-electron chi connectivity index (χ3n) is 7.42. The molecular formula is C27H35NO5. The van der Waals surface area contributed by atoms with Crippen molar-refractivity contribution in [3.63, 3.8) is 0 Å². The maximum Gasteiger partial charge on any atom is 0.290 e. The molecule has 2 fully saturated rings. The summed E-state index contributed by atoms with van der Waals surface area (Å²) < 4.78 is 18.1. The van der Waals surface area contributed by atoms with Crippen molar-refractivity contribution in [3.05, 3.63) is 41.2 Å². The molecule has 4 atom stereocenters. The molecule has 1 aromatic rings. The first-order valence-electron chi connectivity index (χ1n) is 12.6. The average Bonchev–Trinajstić information content (AvgIpc) is 3.41. The Kier molecular flexibility index (Phi) is 6.46. The van der Waals surface area contributed by atoms with Crippen LogP contribution in [0.25, 0.3) is 0 Å². The molecular weight excluding hydrogens is 418 g/mol. The lowest BCUT2D eigenvalue weighted by Gasteiger charge is -2.35. The van der Waals surface area contributed by atoms with E-state index in [1.54, 1.807) is 0 Å². The van der Waals surface area contributed by atoms with Crippen molar-refractivity contribution >= 4 is 11.7 Å². The molecule has 1 aliphatic carbocycles. The standard InChI is InChI=1S/C27H35NO5/c1-17(2)12-14-32-19-8-5-7-18(15-19)24-23-25(29)21-10-3-4-11-22(21)33-26(23)27(30)28(24)16-20-9-6-13-31-20/h5,7-8,15,17,20-22,24H,3-4,6,9-14,16H2,1-2H3. The van der Waals surface area contributed by atoms with Gasteiger partial charge in [0, 0.05) is 13.2 Å². The molecule has 1 saturated carbocycles. The third kappa shape index (κ3) is 4.42. The molecule has 1 aromatic carbocycles. The van der Waals surface area contributed by atoms with Gasteiger partial charge < -0.3 is 19.1 Å². The summed E-state index contributed by atoms with van der Waals surface area (Å²) in [5.74, 6) is 1.40. The molecule has 5 rings (SSSR count). The first kappa shape index (κ1) is 22.5. The Morgan fingerprint density at radius 3 is 2.76 bits per heavy atom. The van der Waals surface area contributed by atoms with Crippen LogP contribution in [0.5, 0.6) is 5.75 Å². The van der Waals surface area contributed by atoms with E-state index in [2.05, 4.69) is 13.8 Å². The van der Waals surface area contributed by atoms with Gasteiger partial charge in [0.1, 0.15) is 11.9 Å². The minimum Gasteiger partial charge on any atom is -0.494 e. The molecule has 4 unspecified atom stereocenters. The summed E-state index contributed by atoms with van der Waals surface area (Å²) in [7, 11) is 0. The van der Waals surface area contributed by atoms with E-state index < -0.39 is 6.04 Å². The lowest BCUT2D eigenvalue weighted by Crippen LogP contribution is -2.39. The van der Waals surface area contributed by atoms with Crippen molar-refractivity contribution in [1.29, 1.82) is 0 Å². The van der Waals surface area contributed by atoms with Crippen molar-refractivity contribution in [3.8, 4) is 5.75 Å². The van der Waals surface area contributed by atoms with Crippen molar-refractivity contribution < 1.29 is 23.8 Å². The first-order chi connectivity index (χ1) is 16.0. The topological polar surface area (TPSA) is 65.1 Å². The van der Waals surface area contributed by atoms with Gasteiger partial charge in [-0.25, -0.2) is 0 Å². The van der Waals surface area contributed by atoms with Crippen LogP contribution >= 0.6 is 0 Å². The molecule has 178 valence electrons. The summed E-state index contributed by atoms with van der Waals surface area (Å²) in [5, 5.41) is 0. The highest BCUT2D eigenvalue weighted by atomic mass is 16.5. The quantitative estimate of drug-likeness (QED) is 0.604. The lowest BCUT2D eigenvalue weighted by molar-refractivity contribution is -0.136. The monoisotopic (exact) mass is 453 g/mol. The van der Waals surface area contributed by atoms with E-state index in [4.69, 9.17) is 14.2 Å². The van der Waals surface area contributed by atoms with Crippen molar-refractivity contribution in [2.75, 3.05) is 19.8 Å². The minimum absolute atomic E-state index is 0.000608. The molecule has 1 amide bonds. The van der Waals surface area contributed by atoms with E-state index in [-0.39, 0.29) is 35.6 Å². The van der Waals surface area contributed by atoms with Crippen LogP contribution in [0.15, 0.2) is 35.6 Å². The van der Waals surface area contributed by atoms with Crippen LogP contribution in [-0.2, 0) is 19.1 Å². The van der Waals surface area contributed by atoms with Crippen molar-refractivity contribution in [2.24, 2.45) is 11.8 Å². The van der Waals surface area contributed by atoms with E-state index in [0.717, 1.165) is 62.9 Å². The van der Waals surface area contributed by atoms with Gasteiger partial charge in [-0.15, -0.1) is 0 Å². The van der Waals surface area contributed by atoms with Crippen LogP contribution in [0.1, 0.15) is 70.4 Å². The van der Waals surface area contributed by atoms with Crippen LogP contribution in [0.4, 0.5) is 0 Å². The lowest BCUT2D eigenvalue weighted by atomic mass is 9.77. The number of hydrogen-bond donors (Lipinski definition) is 0. The van der Waals surface area contributed by atoms with Gasteiger partial charge in [0.25, 0.3) is 5.91 Å². The predicted octanol–water partition coefficient (Wildman–Crippen LogP) is 4.59. The first-order valence-corrected chi connectivity index (χ1v) is 12.6. The summed E-state index contributed by atoms with van der Waals surface area (Å²) in [5.41, 5.74) is 1.44. The number of carbonyl (C=O) groups excluding carboxylic acids is 2. The Morgan fingerprint density at radius 1 is 1.12 bits per heavy atom. The number of ether oxygens (including phenoxy) is 3. The number of ketones is 1. The van der Waals surface area contributed by atoms with Crippen molar-refractivity contribution in [1.82, 2.24) is 4.90 Å². The fourth-order valence-electron chi connectivity index (χ4n) is 5.62. The molecule has 6 nitrogen and oxygen atoms in total. The second kappa shape index (κ2) is 9.49. The summed E-state index contributed by atoms with van der Waals surface area (Å²) in [6, 6.07) is 7.42. The van der Waals surface area contributed by atoms with E-state index in [0.29, 0.717) is 24.6 Å². The molecule has 0 bridgehead atoms. The summed E-state index contributed by atoms with van der Waals surface area (Å²) >= 11 is 0. The second-order valence-electron chi connectivity index (χ2n) is 10.3. The highest BCUT2D eigenvalue weighted by Crippen LogP contribution is 2.47. The Bertz CT molecular complexity index is 932. The third-order valence-corrected chi connectivity index (χ3v) is 7.42. The Hall–Kier alpha value is -2.34. The van der Waals surface area contributed by atoms with Crippen LogP contribution in [-0.4, -0.2) is 48.6 Å². The fourth-order valence-corrected chi connectivity index (χ4v) is 5.62. The van der Waals surface area contributed by atoms with Gasteiger partial charge in [-0.1, -0.05) is 32.4 Å². The molecule has 0 N–H and O–H groups in total. The number of Topliss-reactive ketones (excluding diaryl/α,β-unsaturated/α-hetero) is 1. The average molecular weight is 454 g/mol. The van der Waals surface area contributed by atoms with Crippen LogP contribution in [0.3, 0.4) is 0 Å². The summed E-state index contributed by atoms with van der Waals surface area (Å²) in [6.07, 6.45) is 6.51. The number of carbonyl (C=O) groups is 2. The second-order valence-corrected chi connectivity index (χ2v) is 10.3. The Labute approximate surface area is 196 Å². The molecule has 4 aliphatic rings. The van der Waals surface area contributed by atoms with Gasteiger partial charge in [0.05, 0.1) is 30.2 Å². The normalized spacial score (nSPS) is 29.4. The summed E-state index contributed by atoms with van der Waals surface area (Å²) in [4.78, 5) is 29.1. The van der Waals surface area contributed by atoms with Crippen LogP contribution in [0, 0.1) is 11.8 Å². The van der Waals surface area contributed by atoms with E-state index in [9.17, 15) is 9.59 Å². The number of nitrogens with zero attached hydrogens (tertiary/aromatic N) is 1. The van der Waals surface area contributed by atoms with Crippen molar-refractivity contribution in [2.45, 2.75) is 77.0 Å².